The summed E-state index contributed by atoms with van der Waals surface area (Å²) in [5.41, 5.74) is 4.77. The smallest absolute Gasteiger partial charge is 0.108 e. The van der Waals surface area contributed by atoms with Gasteiger partial charge in [0, 0.05) is 18.8 Å². The van der Waals surface area contributed by atoms with Crippen molar-refractivity contribution in [2.24, 2.45) is 0 Å². The number of hydrogen-bond donors (Lipinski definition) is 1. The molecule has 1 aromatic heterocycles. The summed E-state index contributed by atoms with van der Waals surface area (Å²) in [4.78, 5) is 7.52. The molecule has 4 aromatic rings. The van der Waals surface area contributed by atoms with Crippen LogP contribution in [0.2, 0.25) is 0 Å². The standard InChI is InChI=1S/C24H22N2O/c1-3-7-20(8-4-1)21-13-11-19(12-14-21)18-27-23(17-24-25-15-16-26-24)22-9-5-2-6-10-22/h1-16,23H,17-18H2,(H,25,26). The Bertz CT molecular complexity index is 933. The van der Waals surface area contributed by atoms with Gasteiger partial charge < -0.3 is 9.72 Å². The van der Waals surface area contributed by atoms with Crippen LogP contribution in [0.4, 0.5) is 0 Å². The molecule has 4 rings (SSSR count). The van der Waals surface area contributed by atoms with E-state index in [9.17, 15) is 0 Å². The van der Waals surface area contributed by atoms with Crippen LogP contribution in [0, 0.1) is 0 Å². The molecule has 3 nitrogen and oxygen atoms in total. The maximum absolute atomic E-state index is 6.27. The third-order valence-corrected chi connectivity index (χ3v) is 4.62. The number of nitrogens with one attached hydrogen (secondary N) is 1. The molecule has 0 radical (unpaired) electrons. The number of aromatic nitrogens is 2. The van der Waals surface area contributed by atoms with Crippen LogP contribution in [0.5, 0.6) is 0 Å². The lowest BCUT2D eigenvalue weighted by Gasteiger charge is -2.18. The molecule has 1 unspecified atom stereocenters. The van der Waals surface area contributed by atoms with Crippen molar-refractivity contribution in [2.45, 2.75) is 19.1 Å². The lowest BCUT2D eigenvalue weighted by molar-refractivity contribution is 0.0387. The molecule has 0 fully saturated rings. The van der Waals surface area contributed by atoms with Gasteiger partial charge in [-0.15, -0.1) is 0 Å². The minimum absolute atomic E-state index is 0.0360. The normalized spacial score (nSPS) is 12.0. The summed E-state index contributed by atoms with van der Waals surface area (Å²) in [5.74, 6) is 0.934. The monoisotopic (exact) mass is 354 g/mol. The van der Waals surface area contributed by atoms with Crippen molar-refractivity contribution in [2.75, 3.05) is 0 Å². The first kappa shape index (κ1) is 17.3. The van der Waals surface area contributed by atoms with Gasteiger partial charge in [0.25, 0.3) is 0 Å². The zero-order valence-corrected chi connectivity index (χ0v) is 15.1. The average molecular weight is 354 g/mol. The van der Waals surface area contributed by atoms with Gasteiger partial charge >= 0.3 is 0 Å². The van der Waals surface area contributed by atoms with Crippen molar-refractivity contribution in [3.63, 3.8) is 0 Å². The Morgan fingerprint density at radius 3 is 2.11 bits per heavy atom. The summed E-state index contributed by atoms with van der Waals surface area (Å²) in [6.07, 6.45) is 4.31. The molecule has 0 aliphatic heterocycles. The Morgan fingerprint density at radius 2 is 1.44 bits per heavy atom. The first-order valence-corrected chi connectivity index (χ1v) is 9.17. The van der Waals surface area contributed by atoms with Crippen LogP contribution in [0.1, 0.15) is 23.1 Å². The largest absolute Gasteiger partial charge is 0.368 e. The number of nitrogens with zero attached hydrogens (tertiary/aromatic N) is 1. The van der Waals surface area contributed by atoms with E-state index in [1.54, 1.807) is 6.20 Å². The molecule has 0 aliphatic rings. The lowest BCUT2D eigenvalue weighted by atomic mass is 10.0. The molecule has 1 heterocycles. The molecule has 1 N–H and O–H groups in total. The molecule has 3 aromatic carbocycles. The predicted octanol–water partition coefficient (Wildman–Crippen LogP) is 5.58. The molecule has 0 saturated carbocycles. The molecule has 0 bridgehead atoms. The number of benzene rings is 3. The van der Waals surface area contributed by atoms with Crippen molar-refractivity contribution >= 4 is 0 Å². The van der Waals surface area contributed by atoms with E-state index in [1.165, 1.54) is 11.1 Å². The Balaban J connectivity index is 1.46. The van der Waals surface area contributed by atoms with Gasteiger partial charge in [-0.25, -0.2) is 4.98 Å². The van der Waals surface area contributed by atoms with E-state index in [-0.39, 0.29) is 6.10 Å². The zero-order valence-electron chi connectivity index (χ0n) is 15.1. The van der Waals surface area contributed by atoms with E-state index in [2.05, 4.69) is 70.6 Å². The van der Waals surface area contributed by atoms with E-state index in [0.29, 0.717) is 6.61 Å². The van der Waals surface area contributed by atoms with Crippen molar-refractivity contribution < 1.29 is 4.74 Å². The summed E-state index contributed by atoms with van der Waals surface area (Å²) in [7, 11) is 0. The number of hydrogen-bond acceptors (Lipinski definition) is 2. The topological polar surface area (TPSA) is 37.9 Å². The minimum Gasteiger partial charge on any atom is -0.368 e. The molecular formula is C24H22N2O. The van der Waals surface area contributed by atoms with E-state index in [1.807, 2.05) is 30.5 Å². The molecule has 0 saturated heterocycles. The van der Waals surface area contributed by atoms with Crippen molar-refractivity contribution in [1.82, 2.24) is 9.97 Å². The Labute approximate surface area is 159 Å². The zero-order chi connectivity index (χ0) is 18.3. The van der Waals surface area contributed by atoms with Crippen LogP contribution in [0.15, 0.2) is 97.3 Å². The third kappa shape index (κ3) is 4.52. The second-order valence-corrected chi connectivity index (χ2v) is 6.51. The molecule has 3 heteroatoms. The quantitative estimate of drug-likeness (QED) is 0.471. The second kappa shape index (κ2) is 8.47. The molecular weight excluding hydrogens is 332 g/mol. The molecule has 134 valence electrons. The molecule has 0 amide bonds. The van der Waals surface area contributed by atoms with E-state index >= 15 is 0 Å². The van der Waals surface area contributed by atoms with Crippen molar-refractivity contribution in [3.8, 4) is 11.1 Å². The van der Waals surface area contributed by atoms with E-state index in [4.69, 9.17) is 4.74 Å². The number of imidazole rings is 1. The van der Waals surface area contributed by atoms with E-state index in [0.717, 1.165) is 23.4 Å². The molecule has 27 heavy (non-hydrogen) atoms. The second-order valence-electron chi connectivity index (χ2n) is 6.51. The van der Waals surface area contributed by atoms with Gasteiger partial charge in [0.05, 0.1) is 12.7 Å². The fourth-order valence-electron chi connectivity index (χ4n) is 3.15. The summed E-state index contributed by atoms with van der Waals surface area (Å²) >= 11 is 0. The highest BCUT2D eigenvalue weighted by molar-refractivity contribution is 5.63. The average Bonchev–Trinajstić information content (AvgIpc) is 3.26. The van der Waals surface area contributed by atoms with Crippen LogP contribution in [0.25, 0.3) is 11.1 Å². The van der Waals surface area contributed by atoms with Gasteiger partial charge in [0.1, 0.15) is 5.82 Å². The number of aromatic amines is 1. The summed E-state index contributed by atoms with van der Waals surface area (Å²) in [6.45, 7) is 0.565. The van der Waals surface area contributed by atoms with Gasteiger partial charge in [-0.2, -0.15) is 0 Å². The Morgan fingerprint density at radius 1 is 0.778 bits per heavy atom. The number of H-pyrrole nitrogens is 1. The van der Waals surface area contributed by atoms with Gasteiger partial charge in [-0.05, 0) is 22.3 Å². The van der Waals surface area contributed by atoms with Gasteiger partial charge in [-0.3, -0.25) is 0 Å². The number of ether oxygens (including phenoxy) is 1. The molecule has 0 spiro atoms. The van der Waals surface area contributed by atoms with Crippen molar-refractivity contribution in [3.05, 3.63) is 114 Å². The van der Waals surface area contributed by atoms with Crippen LogP contribution in [-0.2, 0) is 17.8 Å². The van der Waals surface area contributed by atoms with Crippen LogP contribution >= 0.6 is 0 Å². The summed E-state index contributed by atoms with van der Waals surface area (Å²) in [6, 6.07) is 29.3. The SMILES string of the molecule is c1ccc(-c2ccc(COC(Cc3ncc[nH]3)c3ccccc3)cc2)cc1. The third-order valence-electron chi connectivity index (χ3n) is 4.62. The van der Waals surface area contributed by atoms with Gasteiger partial charge in [0.2, 0.25) is 0 Å². The first-order chi connectivity index (χ1) is 13.4. The number of rotatable bonds is 7. The van der Waals surface area contributed by atoms with Crippen molar-refractivity contribution in [1.29, 1.82) is 0 Å². The maximum Gasteiger partial charge on any atom is 0.108 e. The Hall–Kier alpha value is -3.17. The van der Waals surface area contributed by atoms with Gasteiger partial charge in [-0.1, -0.05) is 84.9 Å². The fraction of sp³-hybridized carbons (Fsp3) is 0.125. The minimum atomic E-state index is -0.0360. The predicted molar refractivity (Wildman–Crippen MR) is 108 cm³/mol. The summed E-state index contributed by atoms with van der Waals surface area (Å²) in [5, 5.41) is 0. The highest BCUT2D eigenvalue weighted by atomic mass is 16.5. The van der Waals surface area contributed by atoms with E-state index < -0.39 is 0 Å². The maximum atomic E-state index is 6.27. The molecule has 1 atom stereocenters. The summed E-state index contributed by atoms with van der Waals surface area (Å²) < 4.78 is 6.27. The highest BCUT2D eigenvalue weighted by Gasteiger charge is 2.14. The fourth-order valence-corrected chi connectivity index (χ4v) is 3.15. The first-order valence-electron chi connectivity index (χ1n) is 9.17. The molecule has 0 aliphatic carbocycles. The van der Waals surface area contributed by atoms with Gasteiger partial charge in [0.15, 0.2) is 0 Å². The lowest BCUT2D eigenvalue weighted by Crippen LogP contribution is -2.09. The Kier molecular flexibility index (Phi) is 5.42. The van der Waals surface area contributed by atoms with Crippen LogP contribution in [0.3, 0.4) is 0 Å². The van der Waals surface area contributed by atoms with Crippen LogP contribution in [-0.4, -0.2) is 9.97 Å². The highest BCUT2D eigenvalue weighted by Crippen LogP contribution is 2.24. The van der Waals surface area contributed by atoms with Crippen LogP contribution < -0.4 is 0 Å².